The summed E-state index contributed by atoms with van der Waals surface area (Å²) >= 11 is 0. The Kier molecular flexibility index (Phi) is 3.89. The van der Waals surface area contributed by atoms with Crippen LogP contribution in [0.1, 0.15) is 38.5 Å². The van der Waals surface area contributed by atoms with Crippen LogP contribution in [-0.2, 0) is 9.47 Å². The zero-order chi connectivity index (χ0) is 12.4. The Hall–Kier alpha value is -0.160. The predicted octanol–water partition coefficient (Wildman–Crippen LogP) is 1.36. The number of nitrogens with one attached hydrogen (secondary N) is 1. The van der Waals surface area contributed by atoms with Gasteiger partial charge in [0.25, 0.3) is 0 Å². The summed E-state index contributed by atoms with van der Waals surface area (Å²) in [5, 5.41) is 3.42. The fourth-order valence-electron chi connectivity index (χ4n) is 3.60. The highest BCUT2D eigenvalue weighted by atomic mass is 16.7. The van der Waals surface area contributed by atoms with Crippen LogP contribution < -0.4 is 5.32 Å². The summed E-state index contributed by atoms with van der Waals surface area (Å²) in [6, 6.07) is 0.718. The lowest BCUT2D eigenvalue weighted by Gasteiger charge is -2.33. The lowest BCUT2D eigenvalue weighted by molar-refractivity contribution is -0.163. The quantitative estimate of drug-likeness (QED) is 0.824. The summed E-state index contributed by atoms with van der Waals surface area (Å²) in [6.07, 6.45) is 7.52. The van der Waals surface area contributed by atoms with Crippen molar-refractivity contribution in [1.82, 2.24) is 10.2 Å². The molecule has 3 rings (SSSR count). The Bertz CT molecular complexity index is 273. The van der Waals surface area contributed by atoms with Gasteiger partial charge in [0, 0.05) is 25.4 Å². The third-order valence-electron chi connectivity index (χ3n) is 4.70. The van der Waals surface area contributed by atoms with Crippen LogP contribution in [0.4, 0.5) is 0 Å². The van der Waals surface area contributed by atoms with Crippen LogP contribution in [-0.4, -0.2) is 56.1 Å². The van der Waals surface area contributed by atoms with Gasteiger partial charge in [-0.15, -0.1) is 0 Å². The maximum absolute atomic E-state index is 6.19. The van der Waals surface area contributed by atoms with Crippen molar-refractivity contribution in [2.45, 2.75) is 56.5 Å². The smallest absolute Gasteiger partial charge is 0.168 e. The Morgan fingerprint density at radius 3 is 2.67 bits per heavy atom. The van der Waals surface area contributed by atoms with E-state index in [1.807, 2.05) is 0 Å². The van der Waals surface area contributed by atoms with E-state index in [-0.39, 0.29) is 11.9 Å². The van der Waals surface area contributed by atoms with Crippen LogP contribution in [0.15, 0.2) is 0 Å². The van der Waals surface area contributed by atoms with E-state index in [2.05, 4.69) is 17.3 Å². The third kappa shape index (κ3) is 2.72. The molecule has 1 aliphatic carbocycles. The molecule has 3 fully saturated rings. The largest absolute Gasteiger partial charge is 0.347 e. The lowest BCUT2D eigenvalue weighted by atomic mass is 10.1. The van der Waals surface area contributed by atoms with Crippen molar-refractivity contribution >= 4 is 0 Å². The topological polar surface area (TPSA) is 33.7 Å². The van der Waals surface area contributed by atoms with Crippen molar-refractivity contribution in [3.05, 3.63) is 0 Å². The molecule has 0 aromatic rings. The van der Waals surface area contributed by atoms with Gasteiger partial charge in [-0.2, -0.15) is 0 Å². The summed E-state index contributed by atoms with van der Waals surface area (Å²) in [7, 11) is 2.24. The number of piperidine rings is 1. The van der Waals surface area contributed by atoms with Gasteiger partial charge in [0.15, 0.2) is 5.79 Å². The van der Waals surface area contributed by atoms with Crippen LogP contribution in [0, 0.1) is 0 Å². The number of hydrogen-bond acceptors (Lipinski definition) is 4. The predicted molar refractivity (Wildman–Crippen MR) is 70.5 cm³/mol. The molecule has 1 atom stereocenters. The minimum absolute atomic E-state index is 0.195. The molecule has 1 unspecified atom stereocenters. The van der Waals surface area contributed by atoms with E-state index in [0.717, 1.165) is 45.1 Å². The summed E-state index contributed by atoms with van der Waals surface area (Å²) < 4.78 is 12.1. The minimum atomic E-state index is -0.195. The zero-order valence-corrected chi connectivity index (χ0v) is 11.5. The van der Waals surface area contributed by atoms with E-state index < -0.39 is 0 Å². The Morgan fingerprint density at radius 2 is 1.94 bits per heavy atom. The first kappa shape index (κ1) is 12.9. The highest BCUT2D eigenvalue weighted by molar-refractivity contribution is 4.86. The Morgan fingerprint density at radius 1 is 1.22 bits per heavy atom. The van der Waals surface area contributed by atoms with Gasteiger partial charge in [-0.1, -0.05) is 0 Å². The average molecular weight is 254 g/mol. The molecule has 0 bridgehead atoms. The number of hydrogen-bond donors (Lipinski definition) is 1. The van der Waals surface area contributed by atoms with Crippen LogP contribution in [0.25, 0.3) is 0 Å². The molecule has 18 heavy (non-hydrogen) atoms. The lowest BCUT2D eigenvalue weighted by Crippen LogP contribution is -2.44. The fourth-order valence-corrected chi connectivity index (χ4v) is 3.60. The SMILES string of the molecule is CN(CC1COC2(CCCC2)O1)C1CCNCC1. The van der Waals surface area contributed by atoms with Crippen LogP contribution in [0.5, 0.6) is 0 Å². The van der Waals surface area contributed by atoms with Crippen molar-refractivity contribution in [2.75, 3.05) is 33.3 Å². The molecule has 0 aromatic heterocycles. The average Bonchev–Trinajstić information content (AvgIpc) is 3.02. The van der Waals surface area contributed by atoms with Crippen molar-refractivity contribution in [3.63, 3.8) is 0 Å². The number of ether oxygens (including phenoxy) is 2. The van der Waals surface area contributed by atoms with Gasteiger partial charge >= 0.3 is 0 Å². The Balaban J connectivity index is 1.48. The fraction of sp³-hybridized carbons (Fsp3) is 1.00. The van der Waals surface area contributed by atoms with Crippen molar-refractivity contribution in [3.8, 4) is 0 Å². The van der Waals surface area contributed by atoms with E-state index in [4.69, 9.17) is 9.47 Å². The highest BCUT2D eigenvalue weighted by Gasteiger charge is 2.44. The van der Waals surface area contributed by atoms with E-state index in [9.17, 15) is 0 Å². The molecule has 3 aliphatic rings. The molecule has 1 saturated carbocycles. The first-order valence-electron chi connectivity index (χ1n) is 7.50. The van der Waals surface area contributed by atoms with Gasteiger partial charge in [-0.3, -0.25) is 0 Å². The normalized spacial score (nSPS) is 32.7. The zero-order valence-electron chi connectivity index (χ0n) is 11.5. The van der Waals surface area contributed by atoms with Crippen LogP contribution in [0.2, 0.25) is 0 Å². The van der Waals surface area contributed by atoms with Gasteiger partial charge in [0.2, 0.25) is 0 Å². The molecule has 1 spiro atoms. The second-order valence-electron chi connectivity index (χ2n) is 6.09. The summed E-state index contributed by atoms with van der Waals surface area (Å²) in [5.74, 6) is -0.195. The van der Waals surface area contributed by atoms with Crippen molar-refractivity contribution in [1.29, 1.82) is 0 Å². The molecule has 1 N–H and O–H groups in total. The maximum atomic E-state index is 6.19. The number of likely N-dealkylation sites (N-methyl/N-ethyl adjacent to an activating group) is 1. The molecule has 104 valence electrons. The number of nitrogens with zero attached hydrogens (tertiary/aromatic N) is 1. The van der Waals surface area contributed by atoms with E-state index in [1.54, 1.807) is 0 Å². The van der Waals surface area contributed by atoms with Crippen LogP contribution in [0.3, 0.4) is 0 Å². The molecule has 2 saturated heterocycles. The van der Waals surface area contributed by atoms with E-state index >= 15 is 0 Å². The first-order chi connectivity index (χ1) is 8.77. The molecule has 0 amide bonds. The summed E-state index contributed by atoms with van der Waals surface area (Å²) in [5.41, 5.74) is 0. The second kappa shape index (κ2) is 5.45. The molecule has 4 heteroatoms. The highest BCUT2D eigenvalue weighted by Crippen LogP contribution is 2.39. The molecule has 0 radical (unpaired) electrons. The molecule has 0 aromatic carbocycles. The molecule has 4 nitrogen and oxygen atoms in total. The van der Waals surface area contributed by atoms with Crippen molar-refractivity contribution < 1.29 is 9.47 Å². The van der Waals surface area contributed by atoms with Crippen molar-refractivity contribution in [2.24, 2.45) is 0 Å². The van der Waals surface area contributed by atoms with Gasteiger partial charge in [0.05, 0.1) is 12.7 Å². The molecular weight excluding hydrogens is 228 g/mol. The first-order valence-corrected chi connectivity index (χ1v) is 7.50. The van der Waals surface area contributed by atoms with Crippen LogP contribution >= 0.6 is 0 Å². The standard InChI is InChI=1S/C14H26N2O2/c1-16(12-4-8-15-9-5-12)10-13-11-17-14(18-13)6-2-3-7-14/h12-13,15H,2-11H2,1H3. The Labute approximate surface area is 110 Å². The maximum Gasteiger partial charge on any atom is 0.168 e. The monoisotopic (exact) mass is 254 g/mol. The molecule has 2 aliphatic heterocycles. The third-order valence-corrected chi connectivity index (χ3v) is 4.70. The van der Waals surface area contributed by atoms with E-state index in [1.165, 1.54) is 25.7 Å². The van der Waals surface area contributed by atoms with E-state index in [0.29, 0.717) is 0 Å². The number of rotatable bonds is 3. The van der Waals surface area contributed by atoms with Gasteiger partial charge in [-0.05, 0) is 45.8 Å². The molecule has 2 heterocycles. The van der Waals surface area contributed by atoms with Gasteiger partial charge < -0.3 is 19.7 Å². The second-order valence-corrected chi connectivity index (χ2v) is 6.09. The minimum Gasteiger partial charge on any atom is -0.347 e. The summed E-state index contributed by atoms with van der Waals surface area (Å²) in [4.78, 5) is 2.48. The van der Waals surface area contributed by atoms with Gasteiger partial charge in [0.1, 0.15) is 0 Å². The summed E-state index contributed by atoms with van der Waals surface area (Å²) in [6.45, 7) is 4.11. The molecular formula is C14H26N2O2. The van der Waals surface area contributed by atoms with Gasteiger partial charge in [-0.25, -0.2) is 0 Å².